The van der Waals surface area contributed by atoms with Crippen LogP contribution in [-0.2, 0) is 0 Å². The Balaban J connectivity index is 1.54. The third-order valence-electron chi connectivity index (χ3n) is 4.09. The number of nitrogens with zero attached hydrogens (tertiary/aromatic N) is 4. The lowest BCUT2D eigenvalue weighted by Gasteiger charge is -2.35. The van der Waals surface area contributed by atoms with Crippen LogP contribution in [0, 0.1) is 0 Å². The zero-order valence-corrected chi connectivity index (χ0v) is 15.1. The van der Waals surface area contributed by atoms with Gasteiger partial charge in [0.1, 0.15) is 0 Å². The van der Waals surface area contributed by atoms with Crippen LogP contribution in [0.3, 0.4) is 0 Å². The topological polar surface area (TPSA) is 61.4 Å². The molecule has 1 aromatic carbocycles. The number of halogens is 1. The first kappa shape index (κ1) is 16.7. The summed E-state index contributed by atoms with van der Waals surface area (Å²) in [6, 6.07) is 9.72. The van der Waals surface area contributed by atoms with Gasteiger partial charge in [-0.2, -0.15) is 0 Å². The minimum absolute atomic E-state index is 0.0314. The van der Waals surface area contributed by atoms with E-state index in [2.05, 4.69) is 36.1 Å². The molecule has 2 aromatic rings. The summed E-state index contributed by atoms with van der Waals surface area (Å²) in [6.07, 6.45) is 3.47. The number of rotatable bonds is 3. The number of nitrogens with one attached hydrogen (secondary N) is 1. The summed E-state index contributed by atoms with van der Waals surface area (Å²) in [7, 11) is 0. The lowest BCUT2D eigenvalue weighted by Crippen LogP contribution is -2.52. The first-order chi connectivity index (χ1) is 11.6. The molecule has 0 aliphatic carbocycles. The minimum Gasteiger partial charge on any atom is -0.337 e. The molecule has 0 spiro atoms. The summed E-state index contributed by atoms with van der Waals surface area (Å²) in [4.78, 5) is 24.9. The van der Waals surface area contributed by atoms with Gasteiger partial charge in [-0.05, 0) is 30.7 Å². The Morgan fingerprint density at radius 3 is 2.54 bits per heavy atom. The second-order valence-electron chi connectivity index (χ2n) is 5.75. The molecular formula is C17H20BrN5O. The molecule has 126 valence electrons. The highest BCUT2D eigenvalue weighted by Gasteiger charge is 2.23. The number of amides is 2. The third-order valence-corrected chi connectivity index (χ3v) is 4.58. The van der Waals surface area contributed by atoms with Gasteiger partial charge in [-0.1, -0.05) is 28.1 Å². The van der Waals surface area contributed by atoms with Crippen LogP contribution in [0.25, 0.3) is 0 Å². The van der Waals surface area contributed by atoms with Crippen molar-refractivity contribution in [3.8, 4) is 0 Å². The van der Waals surface area contributed by atoms with E-state index in [0.29, 0.717) is 13.1 Å². The van der Waals surface area contributed by atoms with E-state index in [1.165, 1.54) is 0 Å². The lowest BCUT2D eigenvalue weighted by atomic mass is 10.1. The highest BCUT2D eigenvalue weighted by molar-refractivity contribution is 9.10. The number of hydrogen-bond donors (Lipinski definition) is 1. The number of carbonyl (C=O) groups is 1. The van der Waals surface area contributed by atoms with E-state index in [1.54, 1.807) is 18.5 Å². The second kappa shape index (κ2) is 7.61. The fourth-order valence-electron chi connectivity index (χ4n) is 2.70. The molecule has 1 aromatic heterocycles. The van der Waals surface area contributed by atoms with Crippen LogP contribution in [0.4, 0.5) is 10.7 Å². The van der Waals surface area contributed by atoms with Gasteiger partial charge in [0.2, 0.25) is 5.95 Å². The quantitative estimate of drug-likeness (QED) is 0.876. The summed E-state index contributed by atoms with van der Waals surface area (Å²) >= 11 is 3.46. The molecule has 1 fully saturated rings. The van der Waals surface area contributed by atoms with Crippen molar-refractivity contribution in [2.45, 2.75) is 13.0 Å². The van der Waals surface area contributed by atoms with E-state index >= 15 is 0 Å². The van der Waals surface area contributed by atoms with Gasteiger partial charge in [0.15, 0.2) is 0 Å². The summed E-state index contributed by atoms with van der Waals surface area (Å²) in [5, 5.41) is 3.06. The largest absolute Gasteiger partial charge is 0.337 e. The van der Waals surface area contributed by atoms with Crippen LogP contribution in [0.15, 0.2) is 47.2 Å². The van der Waals surface area contributed by atoms with E-state index in [1.807, 2.05) is 36.1 Å². The molecule has 1 saturated heterocycles. The highest BCUT2D eigenvalue weighted by atomic mass is 79.9. The number of urea groups is 1. The number of hydrogen-bond acceptors (Lipinski definition) is 4. The summed E-state index contributed by atoms with van der Waals surface area (Å²) in [5.41, 5.74) is 1.08. The molecule has 2 heterocycles. The van der Waals surface area contributed by atoms with E-state index in [9.17, 15) is 4.79 Å². The predicted molar refractivity (Wildman–Crippen MR) is 96.9 cm³/mol. The number of piperazine rings is 1. The first-order valence-electron chi connectivity index (χ1n) is 7.96. The van der Waals surface area contributed by atoms with Crippen molar-refractivity contribution < 1.29 is 4.79 Å². The molecule has 0 unspecified atom stereocenters. The van der Waals surface area contributed by atoms with Crippen molar-refractivity contribution in [1.82, 2.24) is 20.2 Å². The fourth-order valence-corrected chi connectivity index (χ4v) is 3.12. The van der Waals surface area contributed by atoms with E-state index in [-0.39, 0.29) is 12.1 Å². The normalized spacial score (nSPS) is 15.9. The van der Waals surface area contributed by atoms with Crippen molar-refractivity contribution in [2.24, 2.45) is 0 Å². The smallest absolute Gasteiger partial charge is 0.317 e. The fraction of sp³-hybridized carbons (Fsp3) is 0.353. The van der Waals surface area contributed by atoms with Crippen molar-refractivity contribution in [3.63, 3.8) is 0 Å². The lowest BCUT2D eigenvalue weighted by molar-refractivity contribution is 0.191. The average Bonchev–Trinajstić information content (AvgIpc) is 2.62. The average molecular weight is 390 g/mol. The minimum atomic E-state index is -0.0366. The van der Waals surface area contributed by atoms with Gasteiger partial charge in [0.05, 0.1) is 6.04 Å². The molecule has 0 saturated carbocycles. The Hall–Kier alpha value is -2.15. The molecule has 24 heavy (non-hydrogen) atoms. The van der Waals surface area contributed by atoms with Crippen molar-refractivity contribution in [3.05, 3.63) is 52.8 Å². The molecule has 1 atom stereocenters. The van der Waals surface area contributed by atoms with Crippen molar-refractivity contribution >= 4 is 27.9 Å². The van der Waals surface area contributed by atoms with Crippen molar-refractivity contribution in [2.75, 3.05) is 31.1 Å². The number of anilines is 1. The van der Waals surface area contributed by atoms with Gasteiger partial charge >= 0.3 is 6.03 Å². The summed E-state index contributed by atoms with van der Waals surface area (Å²) < 4.78 is 1.01. The van der Waals surface area contributed by atoms with Crippen LogP contribution >= 0.6 is 15.9 Å². The Kier molecular flexibility index (Phi) is 5.30. The zero-order valence-electron chi connectivity index (χ0n) is 13.5. The Labute approximate surface area is 150 Å². The molecule has 7 heteroatoms. The molecule has 0 radical (unpaired) electrons. The first-order valence-corrected chi connectivity index (χ1v) is 8.75. The predicted octanol–water partition coefficient (Wildman–Crippen LogP) is 2.83. The van der Waals surface area contributed by atoms with Gasteiger partial charge in [0.25, 0.3) is 0 Å². The third kappa shape index (κ3) is 4.03. The van der Waals surface area contributed by atoms with Gasteiger partial charge < -0.3 is 15.1 Å². The Morgan fingerprint density at radius 2 is 1.88 bits per heavy atom. The van der Waals surface area contributed by atoms with Gasteiger partial charge in [-0.25, -0.2) is 14.8 Å². The second-order valence-corrected chi connectivity index (χ2v) is 6.66. The van der Waals surface area contributed by atoms with Crippen LogP contribution in [0.1, 0.15) is 18.5 Å². The maximum absolute atomic E-state index is 12.5. The zero-order chi connectivity index (χ0) is 16.9. The van der Waals surface area contributed by atoms with Crippen LogP contribution in [0.2, 0.25) is 0 Å². The van der Waals surface area contributed by atoms with E-state index in [4.69, 9.17) is 0 Å². The van der Waals surface area contributed by atoms with Crippen LogP contribution < -0.4 is 10.2 Å². The maximum Gasteiger partial charge on any atom is 0.317 e. The molecule has 0 bridgehead atoms. The SMILES string of the molecule is C[C@@H](NC(=O)N1CCN(c2ncccn2)CC1)c1cccc(Br)c1. The molecule has 2 amide bonds. The monoisotopic (exact) mass is 389 g/mol. The van der Waals surface area contributed by atoms with E-state index in [0.717, 1.165) is 29.1 Å². The molecule has 1 aliphatic heterocycles. The van der Waals surface area contributed by atoms with E-state index < -0.39 is 0 Å². The maximum atomic E-state index is 12.5. The number of carbonyl (C=O) groups excluding carboxylic acids is 1. The van der Waals surface area contributed by atoms with Crippen molar-refractivity contribution in [1.29, 1.82) is 0 Å². The Bertz CT molecular complexity index is 688. The van der Waals surface area contributed by atoms with Gasteiger partial charge in [-0.3, -0.25) is 0 Å². The van der Waals surface area contributed by atoms with Gasteiger partial charge in [0, 0.05) is 43.0 Å². The molecular weight excluding hydrogens is 370 g/mol. The van der Waals surface area contributed by atoms with Crippen LogP contribution in [-0.4, -0.2) is 47.1 Å². The molecule has 3 rings (SSSR count). The molecule has 6 nitrogen and oxygen atoms in total. The highest BCUT2D eigenvalue weighted by Crippen LogP contribution is 2.18. The van der Waals surface area contributed by atoms with Crippen LogP contribution in [0.5, 0.6) is 0 Å². The number of aromatic nitrogens is 2. The number of benzene rings is 1. The summed E-state index contributed by atoms with van der Waals surface area (Å²) in [6.45, 7) is 4.80. The standard InChI is InChI=1S/C17H20BrN5O/c1-13(14-4-2-5-15(18)12-14)21-17(24)23-10-8-22(9-11-23)16-19-6-3-7-20-16/h2-7,12-13H,8-11H2,1H3,(H,21,24)/t13-/m1/s1. The Morgan fingerprint density at radius 1 is 1.17 bits per heavy atom. The van der Waals surface area contributed by atoms with Gasteiger partial charge in [-0.15, -0.1) is 0 Å². The molecule has 1 N–H and O–H groups in total. The summed E-state index contributed by atoms with van der Waals surface area (Å²) in [5.74, 6) is 0.722. The molecule has 1 aliphatic rings.